The minimum absolute atomic E-state index is 0.155. The van der Waals surface area contributed by atoms with Crippen molar-refractivity contribution < 1.29 is 14.7 Å². The van der Waals surface area contributed by atoms with Crippen LogP contribution in [0.1, 0.15) is 43.0 Å². The second-order valence-electron chi connectivity index (χ2n) is 4.75. The predicted molar refractivity (Wildman–Crippen MR) is 81.9 cm³/mol. The van der Waals surface area contributed by atoms with Crippen LogP contribution < -0.4 is 5.32 Å². The van der Waals surface area contributed by atoms with Crippen LogP contribution in [-0.2, 0) is 4.79 Å². The van der Waals surface area contributed by atoms with Crippen LogP contribution >= 0.6 is 23.2 Å². The van der Waals surface area contributed by atoms with Gasteiger partial charge in [0.15, 0.2) is 0 Å². The van der Waals surface area contributed by atoms with Gasteiger partial charge in [-0.15, -0.1) is 0 Å². The number of amides is 1. The molecule has 0 bridgehead atoms. The first-order chi connectivity index (χ1) is 9.92. The van der Waals surface area contributed by atoms with E-state index in [1.165, 1.54) is 12.1 Å². The molecule has 1 unspecified atom stereocenters. The van der Waals surface area contributed by atoms with Gasteiger partial charge in [-0.05, 0) is 30.9 Å². The first-order valence-electron chi connectivity index (χ1n) is 6.75. The van der Waals surface area contributed by atoms with Gasteiger partial charge in [-0.1, -0.05) is 36.5 Å². The topological polar surface area (TPSA) is 79.3 Å². The van der Waals surface area contributed by atoms with Crippen molar-refractivity contribution in [2.24, 2.45) is 5.92 Å². The molecule has 0 saturated heterocycles. The molecular weight excluding hydrogens is 315 g/mol. The number of hydrogen-bond acceptors (Lipinski definition) is 3. The van der Waals surface area contributed by atoms with Crippen molar-refractivity contribution in [3.05, 3.63) is 28.0 Å². The molecule has 0 radical (unpaired) electrons. The number of nitrogens with one attached hydrogen (secondary N) is 1. The lowest BCUT2D eigenvalue weighted by molar-refractivity contribution is -0.137. The molecule has 0 aliphatic carbocycles. The Morgan fingerprint density at radius 2 is 1.90 bits per heavy atom. The highest BCUT2D eigenvalue weighted by Crippen LogP contribution is 2.16. The Bertz CT molecular complexity index is 489. The van der Waals surface area contributed by atoms with Crippen LogP contribution in [-0.4, -0.2) is 28.5 Å². The normalized spacial score (nSPS) is 12.0. The van der Waals surface area contributed by atoms with Gasteiger partial charge < -0.3 is 10.4 Å². The molecular formula is C14H18Cl2N2O3. The number of aliphatic carboxylic acids is 1. The summed E-state index contributed by atoms with van der Waals surface area (Å²) in [6.07, 6.45) is 2.40. The molecule has 116 valence electrons. The number of carbonyl (C=O) groups excluding carboxylic acids is 1. The quantitative estimate of drug-likeness (QED) is 0.715. The van der Waals surface area contributed by atoms with Crippen molar-refractivity contribution in [3.8, 4) is 0 Å². The maximum absolute atomic E-state index is 11.9. The third-order valence-electron chi connectivity index (χ3n) is 3.21. The minimum atomic E-state index is -0.793. The van der Waals surface area contributed by atoms with E-state index < -0.39 is 5.97 Å². The van der Waals surface area contributed by atoms with E-state index >= 15 is 0 Å². The largest absolute Gasteiger partial charge is 0.481 e. The van der Waals surface area contributed by atoms with Crippen molar-refractivity contribution >= 4 is 35.1 Å². The van der Waals surface area contributed by atoms with Gasteiger partial charge in [0.2, 0.25) is 0 Å². The van der Waals surface area contributed by atoms with Crippen molar-refractivity contribution in [3.63, 3.8) is 0 Å². The highest BCUT2D eigenvalue weighted by atomic mass is 35.5. The van der Waals surface area contributed by atoms with E-state index in [-0.39, 0.29) is 28.6 Å². The molecule has 1 amide bonds. The van der Waals surface area contributed by atoms with Gasteiger partial charge in [0.1, 0.15) is 10.3 Å². The summed E-state index contributed by atoms with van der Waals surface area (Å²) in [4.78, 5) is 26.3. The van der Waals surface area contributed by atoms with Gasteiger partial charge in [-0.25, -0.2) is 4.98 Å². The Hall–Kier alpha value is -1.33. The SMILES string of the molecule is CCC(CCNC(=O)c1cc(Cl)nc(Cl)c1)CCC(=O)O. The summed E-state index contributed by atoms with van der Waals surface area (Å²) < 4.78 is 0. The molecule has 0 spiro atoms. The molecule has 1 atom stereocenters. The summed E-state index contributed by atoms with van der Waals surface area (Å²) in [5.74, 6) is -0.779. The van der Waals surface area contributed by atoms with Crippen LogP contribution in [0, 0.1) is 5.92 Å². The van der Waals surface area contributed by atoms with Crippen LogP contribution in [0.3, 0.4) is 0 Å². The van der Waals surface area contributed by atoms with E-state index in [4.69, 9.17) is 28.3 Å². The van der Waals surface area contributed by atoms with E-state index in [0.29, 0.717) is 18.5 Å². The second kappa shape index (κ2) is 8.85. The minimum Gasteiger partial charge on any atom is -0.481 e. The zero-order valence-corrected chi connectivity index (χ0v) is 13.2. The lowest BCUT2D eigenvalue weighted by Crippen LogP contribution is -2.26. The highest BCUT2D eigenvalue weighted by molar-refractivity contribution is 6.33. The zero-order chi connectivity index (χ0) is 15.8. The number of rotatable bonds is 8. The Kier molecular flexibility index (Phi) is 7.47. The average Bonchev–Trinajstić information content (AvgIpc) is 2.41. The van der Waals surface area contributed by atoms with Crippen LogP contribution in [0.25, 0.3) is 0 Å². The maximum atomic E-state index is 11.9. The fraction of sp³-hybridized carbons (Fsp3) is 0.500. The van der Waals surface area contributed by atoms with Crippen LogP contribution in [0.2, 0.25) is 10.3 Å². The monoisotopic (exact) mass is 332 g/mol. The van der Waals surface area contributed by atoms with Crippen molar-refractivity contribution in [1.29, 1.82) is 0 Å². The first-order valence-corrected chi connectivity index (χ1v) is 7.51. The van der Waals surface area contributed by atoms with Gasteiger partial charge in [0.05, 0.1) is 0 Å². The summed E-state index contributed by atoms with van der Waals surface area (Å²) in [5, 5.41) is 11.8. The Balaban J connectivity index is 2.43. The molecule has 2 N–H and O–H groups in total. The van der Waals surface area contributed by atoms with Crippen molar-refractivity contribution in [2.75, 3.05) is 6.54 Å². The smallest absolute Gasteiger partial charge is 0.303 e. The Morgan fingerprint density at radius 1 is 1.29 bits per heavy atom. The molecule has 7 heteroatoms. The number of carboxylic acid groups (broad SMARTS) is 1. The third-order valence-corrected chi connectivity index (χ3v) is 3.59. The van der Waals surface area contributed by atoms with Gasteiger partial charge in [-0.2, -0.15) is 0 Å². The van der Waals surface area contributed by atoms with Gasteiger partial charge in [0, 0.05) is 18.5 Å². The molecule has 0 fully saturated rings. The molecule has 1 heterocycles. The molecule has 0 saturated carbocycles. The van der Waals surface area contributed by atoms with E-state index in [0.717, 1.165) is 12.8 Å². The fourth-order valence-electron chi connectivity index (χ4n) is 1.97. The molecule has 21 heavy (non-hydrogen) atoms. The maximum Gasteiger partial charge on any atom is 0.303 e. The zero-order valence-electron chi connectivity index (χ0n) is 11.7. The van der Waals surface area contributed by atoms with Gasteiger partial charge in [0.25, 0.3) is 5.91 Å². The van der Waals surface area contributed by atoms with Crippen molar-refractivity contribution in [1.82, 2.24) is 10.3 Å². The molecule has 0 aliphatic heterocycles. The fourth-order valence-corrected chi connectivity index (χ4v) is 2.43. The molecule has 0 aliphatic rings. The number of carbonyl (C=O) groups is 2. The summed E-state index contributed by atoms with van der Waals surface area (Å²) in [6, 6.07) is 2.90. The standard InChI is InChI=1S/C14H18Cl2N2O3/c1-2-9(3-4-13(19)20)5-6-17-14(21)10-7-11(15)18-12(16)8-10/h7-9H,2-6H2,1H3,(H,17,21)(H,19,20). The van der Waals surface area contributed by atoms with E-state index in [9.17, 15) is 9.59 Å². The number of carboxylic acids is 1. The Morgan fingerprint density at radius 3 is 2.43 bits per heavy atom. The lowest BCUT2D eigenvalue weighted by Gasteiger charge is -2.14. The first kappa shape index (κ1) is 17.7. The van der Waals surface area contributed by atoms with E-state index in [1.54, 1.807) is 0 Å². The summed E-state index contributed by atoms with van der Waals surface area (Å²) in [5.41, 5.74) is 0.360. The van der Waals surface area contributed by atoms with Crippen LogP contribution in [0.4, 0.5) is 0 Å². The number of nitrogens with zero attached hydrogens (tertiary/aromatic N) is 1. The molecule has 1 aromatic heterocycles. The van der Waals surface area contributed by atoms with E-state index in [2.05, 4.69) is 10.3 Å². The number of pyridine rings is 1. The van der Waals surface area contributed by atoms with E-state index in [1.807, 2.05) is 6.92 Å². The Labute approximate surface area is 133 Å². The summed E-state index contributed by atoms with van der Waals surface area (Å²) in [7, 11) is 0. The summed E-state index contributed by atoms with van der Waals surface area (Å²) in [6.45, 7) is 2.49. The van der Waals surface area contributed by atoms with Gasteiger partial charge >= 0.3 is 5.97 Å². The molecule has 0 aromatic carbocycles. The average molecular weight is 333 g/mol. The third kappa shape index (κ3) is 6.78. The number of aromatic nitrogens is 1. The second-order valence-corrected chi connectivity index (χ2v) is 5.53. The predicted octanol–water partition coefficient (Wildman–Crippen LogP) is 3.40. The molecule has 1 aromatic rings. The van der Waals surface area contributed by atoms with Crippen molar-refractivity contribution in [2.45, 2.75) is 32.6 Å². The van der Waals surface area contributed by atoms with Crippen LogP contribution in [0.5, 0.6) is 0 Å². The number of hydrogen-bond donors (Lipinski definition) is 2. The molecule has 5 nitrogen and oxygen atoms in total. The molecule has 1 rings (SSSR count). The summed E-state index contributed by atoms with van der Waals surface area (Å²) >= 11 is 11.5. The van der Waals surface area contributed by atoms with Crippen LogP contribution in [0.15, 0.2) is 12.1 Å². The van der Waals surface area contributed by atoms with Gasteiger partial charge in [-0.3, -0.25) is 9.59 Å². The highest BCUT2D eigenvalue weighted by Gasteiger charge is 2.11. The number of halogens is 2. The lowest BCUT2D eigenvalue weighted by atomic mass is 9.96.